The number of allylic oxidation sites excluding steroid dienone is 1. The molecule has 33 heavy (non-hydrogen) atoms. The van der Waals surface area contributed by atoms with Crippen molar-refractivity contribution in [2.24, 2.45) is 46.3 Å². The Balaban J connectivity index is 1.43. The van der Waals surface area contributed by atoms with E-state index in [1.165, 1.54) is 57.8 Å². The van der Waals surface area contributed by atoms with E-state index in [9.17, 15) is 4.79 Å². The van der Waals surface area contributed by atoms with Crippen molar-refractivity contribution in [3.8, 4) is 0 Å². The molecule has 0 spiro atoms. The van der Waals surface area contributed by atoms with Gasteiger partial charge in [-0.1, -0.05) is 65.5 Å². The predicted molar refractivity (Wildman–Crippen MR) is 138 cm³/mol. The molecular weight excluding hydrogens is 428 g/mol. The number of hydrogen-bond acceptors (Lipinski definition) is 2. The van der Waals surface area contributed by atoms with Gasteiger partial charge in [-0.25, -0.2) is 0 Å². The molecule has 0 aromatic rings. The summed E-state index contributed by atoms with van der Waals surface area (Å²) >= 11 is 5.73. The Morgan fingerprint density at radius 1 is 1.09 bits per heavy atom. The molecule has 3 heteroatoms. The molecule has 4 aliphatic carbocycles. The lowest BCUT2D eigenvalue weighted by atomic mass is 9.47. The summed E-state index contributed by atoms with van der Waals surface area (Å²) in [5.74, 6) is 5.45. The van der Waals surface area contributed by atoms with Crippen LogP contribution in [0.4, 0.5) is 0 Å². The van der Waals surface area contributed by atoms with Gasteiger partial charge >= 0.3 is 5.97 Å². The van der Waals surface area contributed by atoms with E-state index >= 15 is 0 Å². The van der Waals surface area contributed by atoms with E-state index in [1.807, 2.05) is 0 Å². The van der Waals surface area contributed by atoms with Crippen molar-refractivity contribution < 1.29 is 9.53 Å². The number of alkyl halides is 1. The van der Waals surface area contributed by atoms with Crippen molar-refractivity contribution in [1.82, 2.24) is 0 Å². The maximum atomic E-state index is 12.0. The number of rotatable bonds is 8. The van der Waals surface area contributed by atoms with Crippen molar-refractivity contribution in [2.75, 3.05) is 5.88 Å². The summed E-state index contributed by atoms with van der Waals surface area (Å²) < 4.78 is 5.77. The van der Waals surface area contributed by atoms with Crippen molar-refractivity contribution in [3.05, 3.63) is 11.6 Å². The standard InChI is InChI=1S/C30H49ClO2/c1-20(2)7-6-8-21(3)25-11-12-26-24-10-9-22-19-23(33-28(32)15-18-31)13-16-29(22,4)27(24)14-17-30(25,26)5/h9,20-21,23-27H,6-8,10-19H2,1-5H3/t21-,23-,24+,25-,26+,27+,29-,30-/m0/s1. The summed E-state index contributed by atoms with van der Waals surface area (Å²) in [6.45, 7) is 12.5. The van der Waals surface area contributed by atoms with Crippen molar-refractivity contribution in [3.63, 3.8) is 0 Å². The van der Waals surface area contributed by atoms with Crippen molar-refractivity contribution >= 4 is 17.6 Å². The van der Waals surface area contributed by atoms with Crippen LogP contribution in [0.15, 0.2) is 11.6 Å². The third kappa shape index (κ3) is 4.94. The number of ether oxygens (including phenoxy) is 1. The minimum Gasteiger partial charge on any atom is -0.462 e. The first-order chi connectivity index (χ1) is 15.7. The molecule has 0 aliphatic heterocycles. The van der Waals surface area contributed by atoms with Crippen LogP contribution in [-0.2, 0) is 9.53 Å². The lowest BCUT2D eigenvalue weighted by Gasteiger charge is -2.58. The van der Waals surface area contributed by atoms with Gasteiger partial charge < -0.3 is 4.74 Å². The average Bonchev–Trinajstić information content (AvgIpc) is 3.11. The van der Waals surface area contributed by atoms with Crippen LogP contribution >= 0.6 is 11.6 Å². The lowest BCUT2D eigenvalue weighted by molar-refractivity contribution is -0.151. The van der Waals surface area contributed by atoms with E-state index in [4.69, 9.17) is 16.3 Å². The smallest absolute Gasteiger partial charge is 0.307 e. The molecule has 0 radical (unpaired) electrons. The Hall–Kier alpha value is -0.500. The van der Waals surface area contributed by atoms with E-state index in [1.54, 1.807) is 5.57 Å². The first-order valence-electron chi connectivity index (χ1n) is 14.1. The Morgan fingerprint density at radius 2 is 1.88 bits per heavy atom. The molecule has 3 fully saturated rings. The van der Waals surface area contributed by atoms with Gasteiger partial charge in [0.25, 0.3) is 0 Å². The van der Waals surface area contributed by atoms with Gasteiger partial charge in [-0.2, -0.15) is 0 Å². The van der Waals surface area contributed by atoms with Gasteiger partial charge in [0, 0.05) is 12.3 Å². The highest BCUT2D eigenvalue weighted by atomic mass is 35.5. The van der Waals surface area contributed by atoms with Gasteiger partial charge in [-0.15, -0.1) is 11.6 Å². The normalized spacial score (nSPS) is 41.1. The molecule has 0 saturated heterocycles. The Kier molecular flexibility index (Phi) is 7.94. The fraction of sp³-hybridized carbons (Fsp3) is 0.900. The van der Waals surface area contributed by atoms with Gasteiger partial charge in [0.05, 0.1) is 6.42 Å². The minimum absolute atomic E-state index is 0.0630. The maximum Gasteiger partial charge on any atom is 0.307 e. The number of carbonyl (C=O) groups excluding carboxylic acids is 1. The summed E-state index contributed by atoms with van der Waals surface area (Å²) in [4.78, 5) is 12.0. The second kappa shape index (κ2) is 10.2. The molecular formula is C30H49ClO2. The van der Waals surface area contributed by atoms with Gasteiger partial charge in [-0.05, 0) is 91.3 Å². The molecule has 0 aromatic carbocycles. The predicted octanol–water partition coefficient (Wildman–Crippen LogP) is 8.57. The molecule has 188 valence electrons. The maximum absolute atomic E-state index is 12.0. The molecule has 4 rings (SSSR count). The highest BCUT2D eigenvalue weighted by Crippen LogP contribution is 2.67. The summed E-state index contributed by atoms with van der Waals surface area (Å²) in [7, 11) is 0. The Bertz CT molecular complexity index is 729. The highest BCUT2D eigenvalue weighted by molar-refractivity contribution is 6.18. The summed E-state index contributed by atoms with van der Waals surface area (Å²) in [6.07, 6.45) is 17.3. The number of halogens is 1. The van der Waals surface area contributed by atoms with E-state index in [-0.39, 0.29) is 12.1 Å². The molecule has 0 aromatic heterocycles. The van der Waals surface area contributed by atoms with Crippen molar-refractivity contribution in [1.29, 1.82) is 0 Å². The van der Waals surface area contributed by atoms with Gasteiger partial charge in [-0.3, -0.25) is 4.79 Å². The van der Waals surface area contributed by atoms with Crippen LogP contribution in [-0.4, -0.2) is 18.0 Å². The quantitative estimate of drug-likeness (QED) is 0.199. The Morgan fingerprint density at radius 3 is 2.61 bits per heavy atom. The zero-order chi connectivity index (χ0) is 23.8. The third-order valence-corrected chi connectivity index (χ3v) is 11.0. The average molecular weight is 477 g/mol. The van der Waals surface area contributed by atoms with E-state index in [2.05, 4.69) is 40.7 Å². The minimum atomic E-state index is -0.124. The number of hydrogen-bond donors (Lipinski definition) is 0. The van der Waals surface area contributed by atoms with Crippen LogP contribution in [0.3, 0.4) is 0 Å². The highest BCUT2D eigenvalue weighted by Gasteiger charge is 2.59. The van der Waals surface area contributed by atoms with Crippen LogP contribution in [0.5, 0.6) is 0 Å². The molecule has 0 bridgehead atoms. The monoisotopic (exact) mass is 476 g/mol. The van der Waals surface area contributed by atoms with Crippen LogP contribution in [0.2, 0.25) is 0 Å². The fourth-order valence-electron chi connectivity index (χ4n) is 9.07. The van der Waals surface area contributed by atoms with Gasteiger partial charge in [0.15, 0.2) is 0 Å². The second-order valence-electron chi connectivity index (χ2n) is 13.1. The topological polar surface area (TPSA) is 26.3 Å². The molecule has 4 aliphatic rings. The molecule has 0 heterocycles. The molecule has 0 unspecified atom stereocenters. The van der Waals surface area contributed by atoms with Crippen molar-refractivity contribution in [2.45, 2.75) is 118 Å². The first-order valence-corrected chi connectivity index (χ1v) is 14.7. The largest absolute Gasteiger partial charge is 0.462 e. The third-order valence-electron chi connectivity index (χ3n) is 10.9. The summed E-state index contributed by atoms with van der Waals surface area (Å²) in [5.41, 5.74) is 2.47. The van der Waals surface area contributed by atoms with Crippen LogP contribution in [0, 0.1) is 46.3 Å². The second-order valence-corrected chi connectivity index (χ2v) is 13.5. The fourth-order valence-corrected chi connectivity index (χ4v) is 9.23. The number of carbonyl (C=O) groups is 1. The molecule has 8 atom stereocenters. The summed E-state index contributed by atoms with van der Waals surface area (Å²) in [6, 6.07) is 0. The molecule has 0 amide bonds. The van der Waals surface area contributed by atoms with Gasteiger partial charge in [0.2, 0.25) is 0 Å². The molecule has 0 N–H and O–H groups in total. The Labute approximate surface area is 208 Å². The van der Waals surface area contributed by atoms with Crippen LogP contribution in [0.25, 0.3) is 0 Å². The summed E-state index contributed by atoms with van der Waals surface area (Å²) in [5, 5.41) is 0. The van der Waals surface area contributed by atoms with E-state index < -0.39 is 0 Å². The molecule has 3 saturated carbocycles. The first kappa shape index (κ1) is 25.6. The van der Waals surface area contributed by atoms with E-state index in [0.29, 0.717) is 23.1 Å². The zero-order valence-corrected chi connectivity index (χ0v) is 22.8. The van der Waals surface area contributed by atoms with Gasteiger partial charge in [0.1, 0.15) is 6.10 Å². The number of fused-ring (bicyclic) bond motifs is 5. The van der Waals surface area contributed by atoms with Crippen LogP contribution < -0.4 is 0 Å². The zero-order valence-electron chi connectivity index (χ0n) is 22.0. The van der Waals surface area contributed by atoms with Crippen LogP contribution in [0.1, 0.15) is 112 Å². The lowest BCUT2D eigenvalue weighted by Crippen LogP contribution is -2.51. The SMILES string of the molecule is CC(C)CCC[C@H](C)[C@@H]1CC[C@@H]2[C@H]3CC=C4C[C@@H](OC(=O)CCCl)CC[C@]4(C)[C@@H]3CC[C@]21C. The van der Waals surface area contributed by atoms with E-state index in [0.717, 1.165) is 48.3 Å². The number of esters is 1. The molecule has 2 nitrogen and oxygen atoms in total.